The minimum Gasteiger partial charge on any atom is -0.397 e. The summed E-state index contributed by atoms with van der Waals surface area (Å²) in [6, 6.07) is 6.38. The van der Waals surface area contributed by atoms with E-state index in [2.05, 4.69) is 10.2 Å². The Morgan fingerprint density at radius 3 is 2.95 bits per heavy atom. The molecule has 2 fully saturated rings. The Morgan fingerprint density at radius 1 is 1.33 bits per heavy atom. The van der Waals surface area contributed by atoms with Crippen molar-refractivity contribution < 1.29 is 4.79 Å². The van der Waals surface area contributed by atoms with Gasteiger partial charge in [0.1, 0.15) is 0 Å². The lowest BCUT2D eigenvalue weighted by atomic mass is 9.92. The maximum Gasteiger partial charge on any atom is 0.238 e. The third kappa shape index (κ3) is 3.21. The Hall–Kier alpha value is -1.55. The number of rotatable bonds is 3. The fraction of sp³-hybridized carbons (Fsp3) is 0.588. The van der Waals surface area contributed by atoms with Gasteiger partial charge in [0.25, 0.3) is 0 Å². The van der Waals surface area contributed by atoms with Gasteiger partial charge in [-0.25, -0.2) is 0 Å². The molecule has 4 heteroatoms. The van der Waals surface area contributed by atoms with Gasteiger partial charge in [0.05, 0.1) is 17.9 Å². The number of fused-ring (bicyclic) bond motifs is 1. The van der Waals surface area contributed by atoms with Crippen LogP contribution in [0.15, 0.2) is 18.2 Å². The predicted octanol–water partition coefficient (Wildman–Crippen LogP) is 2.78. The second-order valence-corrected chi connectivity index (χ2v) is 6.51. The number of nitrogen functional groups attached to an aromatic ring is 1. The number of nitrogens with one attached hydrogen (secondary N) is 1. The quantitative estimate of drug-likeness (QED) is 0.840. The van der Waals surface area contributed by atoms with Crippen molar-refractivity contribution in [3.8, 4) is 0 Å². The largest absolute Gasteiger partial charge is 0.397 e. The zero-order valence-electron chi connectivity index (χ0n) is 12.8. The number of carbonyl (C=O) groups is 1. The number of aryl methyl sites for hydroxylation is 1. The number of nitrogens with two attached hydrogens (primary N) is 1. The van der Waals surface area contributed by atoms with Crippen LogP contribution in [0.25, 0.3) is 0 Å². The molecule has 1 amide bonds. The molecule has 1 heterocycles. The van der Waals surface area contributed by atoms with Crippen LogP contribution >= 0.6 is 0 Å². The van der Waals surface area contributed by atoms with Gasteiger partial charge in [-0.05, 0) is 62.8 Å². The van der Waals surface area contributed by atoms with E-state index in [1.54, 1.807) is 0 Å². The number of benzene rings is 1. The minimum atomic E-state index is 0.0538. The molecule has 2 unspecified atom stereocenters. The van der Waals surface area contributed by atoms with Crippen LogP contribution in [0, 0.1) is 12.8 Å². The average molecular weight is 287 g/mol. The van der Waals surface area contributed by atoms with Crippen LogP contribution < -0.4 is 11.1 Å². The molecular formula is C17H25N3O. The van der Waals surface area contributed by atoms with Crippen molar-refractivity contribution in [3.63, 3.8) is 0 Å². The molecule has 3 rings (SSSR count). The minimum absolute atomic E-state index is 0.0538. The first-order chi connectivity index (χ1) is 10.1. The summed E-state index contributed by atoms with van der Waals surface area (Å²) in [5.74, 6) is 0.870. The van der Waals surface area contributed by atoms with E-state index in [1.165, 1.54) is 32.1 Å². The van der Waals surface area contributed by atoms with Gasteiger partial charge in [-0.15, -0.1) is 0 Å². The Kier molecular flexibility index (Phi) is 4.15. The Morgan fingerprint density at radius 2 is 2.14 bits per heavy atom. The molecular weight excluding hydrogens is 262 g/mol. The molecule has 4 nitrogen and oxygen atoms in total. The molecule has 2 aliphatic rings. The first kappa shape index (κ1) is 14.4. The highest BCUT2D eigenvalue weighted by atomic mass is 16.2. The summed E-state index contributed by atoms with van der Waals surface area (Å²) in [5.41, 5.74) is 8.43. The molecule has 0 spiro atoms. The van der Waals surface area contributed by atoms with E-state index in [0.717, 1.165) is 23.7 Å². The van der Waals surface area contributed by atoms with Crippen molar-refractivity contribution in [1.29, 1.82) is 0 Å². The van der Waals surface area contributed by atoms with E-state index < -0.39 is 0 Å². The number of amides is 1. The Bertz CT molecular complexity index is 529. The summed E-state index contributed by atoms with van der Waals surface area (Å²) in [6.45, 7) is 3.54. The SMILES string of the molecule is Cc1ccc(NC(=O)CN2CCCC3CCCC32)c(N)c1. The van der Waals surface area contributed by atoms with Gasteiger partial charge in [0, 0.05) is 6.04 Å². The molecule has 1 aliphatic heterocycles. The summed E-state index contributed by atoms with van der Waals surface area (Å²) in [7, 11) is 0. The van der Waals surface area contributed by atoms with E-state index in [4.69, 9.17) is 5.73 Å². The maximum atomic E-state index is 12.3. The zero-order chi connectivity index (χ0) is 14.8. The maximum absolute atomic E-state index is 12.3. The molecule has 1 aromatic rings. The number of piperidine rings is 1. The number of hydrogen-bond acceptors (Lipinski definition) is 3. The van der Waals surface area contributed by atoms with Gasteiger partial charge in [-0.2, -0.15) is 0 Å². The molecule has 21 heavy (non-hydrogen) atoms. The summed E-state index contributed by atoms with van der Waals surface area (Å²) < 4.78 is 0. The third-order valence-corrected chi connectivity index (χ3v) is 4.94. The van der Waals surface area contributed by atoms with Crippen molar-refractivity contribution in [2.75, 3.05) is 24.1 Å². The summed E-state index contributed by atoms with van der Waals surface area (Å²) in [5, 5.41) is 2.96. The Labute approximate surface area is 126 Å². The number of hydrogen-bond donors (Lipinski definition) is 2. The molecule has 1 aromatic carbocycles. The van der Waals surface area contributed by atoms with Crippen LogP contribution in [0.1, 0.15) is 37.7 Å². The second-order valence-electron chi connectivity index (χ2n) is 6.51. The second kappa shape index (κ2) is 6.06. The van der Waals surface area contributed by atoms with Gasteiger partial charge >= 0.3 is 0 Å². The van der Waals surface area contributed by atoms with Crippen LogP contribution in [0.4, 0.5) is 11.4 Å². The van der Waals surface area contributed by atoms with E-state index in [-0.39, 0.29) is 5.91 Å². The number of likely N-dealkylation sites (tertiary alicyclic amines) is 1. The number of nitrogens with zero attached hydrogens (tertiary/aromatic N) is 1. The van der Waals surface area contributed by atoms with Crippen molar-refractivity contribution in [3.05, 3.63) is 23.8 Å². The lowest BCUT2D eigenvalue weighted by molar-refractivity contribution is -0.118. The predicted molar refractivity (Wildman–Crippen MR) is 86.2 cm³/mol. The van der Waals surface area contributed by atoms with Gasteiger partial charge in [-0.1, -0.05) is 12.5 Å². The third-order valence-electron chi connectivity index (χ3n) is 4.94. The summed E-state index contributed by atoms with van der Waals surface area (Å²) in [6.07, 6.45) is 6.48. The highest BCUT2D eigenvalue weighted by molar-refractivity contribution is 5.95. The van der Waals surface area contributed by atoms with Gasteiger partial charge in [0.15, 0.2) is 0 Å². The van der Waals surface area contributed by atoms with Crippen LogP contribution in [0.2, 0.25) is 0 Å². The molecule has 2 atom stereocenters. The topological polar surface area (TPSA) is 58.4 Å². The van der Waals surface area contributed by atoms with Crippen LogP contribution in [-0.2, 0) is 4.79 Å². The van der Waals surface area contributed by atoms with Crippen molar-refractivity contribution in [2.45, 2.75) is 45.1 Å². The molecule has 3 N–H and O–H groups in total. The first-order valence-electron chi connectivity index (χ1n) is 8.03. The molecule has 1 saturated carbocycles. The molecule has 114 valence electrons. The van der Waals surface area contributed by atoms with Crippen molar-refractivity contribution in [2.24, 2.45) is 5.92 Å². The van der Waals surface area contributed by atoms with Gasteiger partial charge in [-0.3, -0.25) is 9.69 Å². The molecule has 0 bridgehead atoms. The van der Waals surface area contributed by atoms with Crippen molar-refractivity contribution in [1.82, 2.24) is 4.90 Å². The molecule has 0 radical (unpaired) electrons. The molecule has 1 aliphatic carbocycles. The van der Waals surface area contributed by atoms with E-state index >= 15 is 0 Å². The van der Waals surface area contributed by atoms with E-state index in [9.17, 15) is 4.79 Å². The number of anilines is 2. The summed E-state index contributed by atoms with van der Waals surface area (Å²) in [4.78, 5) is 14.7. The van der Waals surface area contributed by atoms with E-state index in [0.29, 0.717) is 18.3 Å². The lowest BCUT2D eigenvalue weighted by Gasteiger charge is -2.37. The fourth-order valence-electron chi connectivity index (χ4n) is 3.92. The average Bonchev–Trinajstić information content (AvgIpc) is 2.91. The Balaban J connectivity index is 1.61. The van der Waals surface area contributed by atoms with E-state index in [1.807, 2.05) is 25.1 Å². The standard InChI is InChI=1S/C17H25N3O/c1-12-7-8-15(14(18)10-12)19-17(21)11-20-9-3-5-13-4-2-6-16(13)20/h7-8,10,13,16H,2-6,9,11,18H2,1H3,(H,19,21). The smallest absolute Gasteiger partial charge is 0.238 e. The fourth-order valence-corrected chi connectivity index (χ4v) is 3.92. The monoisotopic (exact) mass is 287 g/mol. The highest BCUT2D eigenvalue weighted by Crippen LogP contribution is 2.36. The molecule has 1 saturated heterocycles. The van der Waals surface area contributed by atoms with Gasteiger partial charge in [0.2, 0.25) is 5.91 Å². The number of carbonyl (C=O) groups excluding carboxylic acids is 1. The summed E-state index contributed by atoms with van der Waals surface area (Å²) >= 11 is 0. The highest BCUT2D eigenvalue weighted by Gasteiger charge is 2.35. The van der Waals surface area contributed by atoms with Crippen molar-refractivity contribution >= 4 is 17.3 Å². The van der Waals surface area contributed by atoms with Gasteiger partial charge < -0.3 is 11.1 Å². The zero-order valence-corrected chi connectivity index (χ0v) is 12.8. The first-order valence-corrected chi connectivity index (χ1v) is 8.03. The van der Waals surface area contributed by atoms with Crippen LogP contribution in [0.5, 0.6) is 0 Å². The molecule has 0 aromatic heterocycles. The lowest BCUT2D eigenvalue weighted by Crippen LogP contribution is -2.46. The normalized spacial score (nSPS) is 25.6. The van der Waals surface area contributed by atoms with Crippen LogP contribution in [-0.4, -0.2) is 29.9 Å². The van der Waals surface area contributed by atoms with Crippen LogP contribution in [0.3, 0.4) is 0 Å².